The number of rotatable bonds is 4. The summed E-state index contributed by atoms with van der Waals surface area (Å²) in [6, 6.07) is 22.8. The number of carbonyl (C=O) groups is 1. The third kappa shape index (κ3) is 3.37. The molecule has 0 unspecified atom stereocenters. The Balaban J connectivity index is 1.57. The Labute approximate surface area is 150 Å². The number of fused-ring (bicyclic) bond motifs is 1. The average Bonchev–Trinajstić information content (AvgIpc) is 2.69. The van der Waals surface area contributed by atoms with Crippen molar-refractivity contribution < 1.29 is 4.79 Å². The highest BCUT2D eigenvalue weighted by molar-refractivity contribution is 6.07. The highest BCUT2D eigenvalue weighted by Gasteiger charge is 2.11. The van der Waals surface area contributed by atoms with E-state index in [1.807, 2.05) is 66.7 Å². The Morgan fingerprint density at radius 2 is 1.62 bits per heavy atom. The van der Waals surface area contributed by atoms with Crippen molar-refractivity contribution in [3.05, 3.63) is 90.9 Å². The van der Waals surface area contributed by atoms with Crippen LogP contribution in [0.5, 0.6) is 0 Å². The van der Waals surface area contributed by atoms with Crippen LogP contribution in [0.3, 0.4) is 0 Å². The van der Waals surface area contributed by atoms with Crippen LogP contribution in [0.25, 0.3) is 10.9 Å². The predicted molar refractivity (Wildman–Crippen MR) is 104 cm³/mol. The topological polar surface area (TPSA) is 66.9 Å². The van der Waals surface area contributed by atoms with Crippen LogP contribution in [0, 0.1) is 0 Å². The summed E-state index contributed by atoms with van der Waals surface area (Å²) in [6.07, 6.45) is 3.32. The van der Waals surface area contributed by atoms with Crippen LogP contribution < -0.4 is 10.6 Å². The standard InChI is InChI=1S/C21H16N4O/c26-21(25-18-10-4-6-15-7-5-12-23-20(15)18)19-14-17(11-13-22-19)24-16-8-2-1-3-9-16/h1-14H,(H,22,24)(H,25,26). The number of pyridine rings is 2. The normalized spacial score (nSPS) is 10.5. The van der Waals surface area contributed by atoms with E-state index >= 15 is 0 Å². The van der Waals surface area contributed by atoms with E-state index in [1.165, 1.54) is 0 Å². The summed E-state index contributed by atoms with van der Waals surface area (Å²) in [7, 11) is 0. The van der Waals surface area contributed by atoms with Gasteiger partial charge in [0.25, 0.3) is 5.91 Å². The number of anilines is 3. The van der Waals surface area contributed by atoms with Gasteiger partial charge in [-0.25, -0.2) is 0 Å². The van der Waals surface area contributed by atoms with Gasteiger partial charge in [-0.3, -0.25) is 14.8 Å². The molecule has 5 heteroatoms. The molecule has 126 valence electrons. The molecule has 0 aliphatic rings. The van der Waals surface area contributed by atoms with Gasteiger partial charge in [0, 0.05) is 29.2 Å². The molecule has 2 N–H and O–H groups in total. The second kappa shape index (κ2) is 7.03. The second-order valence-corrected chi connectivity index (χ2v) is 5.76. The van der Waals surface area contributed by atoms with E-state index in [9.17, 15) is 4.79 Å². The van der Waals surface area contributed by atoms with Crippen molar-refractivity contribution in [3.8, 4) is 0 Å². The van der Waals surface area contributed by atoms with Gasteiger partial charge in [-0.2, -0.15) is 0 Å². The molecule has 1 amide bonds. The highest BCUT2D eigenvalue weighted by Crippen LogP contribution is 2.22. The fraction of sp³-hybridized carbons (Fsp3) is 0. The van der Waals surface area contributed by atoms with E-state index in [-0.39, 0.29) is 5.91 Å². The lowest BCUT2D eigenvalue weighted by molar-refractivity contribution is 0.102. The summed E-state index contributed by atoms with van der Waals surface area (Å²) >= 11 is 0. The minimum Gasteiger partial charge on any atom is -0.355 e. The Morgan fingerprint density at radius 3 is 2.50 bits per heavy atom. The maximum atomic E-state index is 12.6. The first-order valence-electron chi connectivity index (χ1n) is 8.23. The van der Waals surface area contributed by atoms with Crippen molar-refractivity contribution in [1.29, 1.82) is 0 Å². The lowest BCUT2D eigenvalue weighted by atomic mass is 10.2. The molecule has 0 fully saturated rings. The molecule has 0 saturated heterocycles. The van der Waals surface area contributed by atoms with E-state index in [0.717, 1.165) is 22.3 Å². The Morgan fingerprint density at radius 1 is 0.769 bits per heavy atom. The number of nitrogens with zero attached hydrogens (tertiary/aromatic N) is 2. The molecule has 0 aliphatic heterocycles. The maximum Gasteiger partial charge on any atom is 0.274 e. The van der Waals surface area contributed by atoms with Crippen LogP contribution in [-0.2, 0) is 0 Å². The molecule has 5 nitrogen and oxygen atoms in total. The van der Waals surface area contributed by atoms with Gasteiger partial charge < -0.3 is 10.6 Å². The Bertz CT molecular complexity index is 1060. The van der Waals surface area contributed by atoms with Gasteiger partial charge in [0.2, 0.25) is 0 Å². The van der Waals surface area contributed by atoms with Gasteiger partial charge in [-0.1, -0.05) is 36.4 Å². The number of aromatic nitrogens is 2. The van der Waals surface area contributed by atoms with Gasteiger partial charge in [0.15, 0.2) is 0 Å². The van der Waals surface area contributed by atoms with Crippen molar-refractivity contribution in [2.24, 2.45) is 0 Å². The summed E-state index contributed by atoms with van der Waals surface area (Å²) < 4.78 is 0. The third-order valence-electron chi connectivity index (χ3n) is 3.94. The van der Waals surface area contributed by atoms with E-state index in [0.29, 0.717) is 11.4 Å². The molecule has 2 aromatic carbocycles. The number of amides is 1. The first-order chi connectivity index (χ1) is 12.8. The quantitative estimate of drug-likeness (QED) is 0.568. The van der Waals surface area contributed by atoms with Crippen molar-refractivity contribution in [2.75, 3.05) is 10.6 Å². The minimum atomic E-state index is -0.278. The van der Waals surface area contributed by atoms with Gasteiger partial charge in [0.05, 0.1) is 11.2 Å². The minimum absolute atomic E-state index is 0.278. The van der Waals surface area contributed by atoms with Crippen molar-refractivity contribution >= 4 is 33.9 Å². The molecule has 0 radical (unpaired) electrons. The summed E-state index contributed by atoms with van der Waals surface area (Å²) in [5.41, 5.74) is 3.49. The monoisotopic (exact) mass is 340 g/mol. The van der Waals surface area contributed by atoms with Crippen LogP contribution >= 0.6 is 0 Å². The molecule has 4 rings (SSSR count). The number of carbonyl (C=O) groups excluding carboxylic acids is 1. The summed E-state index contributed by atoms with van der Waals surface area (Å²) in [5, 5.41) is 7.13. The summed E-state index contributed by atoms with van der Waals surface area (Å²) in [4.78, 5) is 21.2. The second-order valence-electron chi connectivity index (χ2n) is 5.76. The summed E-state index contributed by atoms with van der Waals surface area (Å²) in [5.74, 6) is -0.278. The number of hydrogen-bond acceptors (Lipinski definition) is 4. The lowest BCUT2D eigenvalue weighted by Gasteiger charge is -2.09. The molecule has 0 atom stereocenters. The van der Waals surface area contributed by atoms with Crippen molar-refractivity contribution in [2.45, 2.75) is 0 Å². The van der Waals surface area contributed by atoms with Crippen LogP contribution in [-0.4, -0.2) is 15.9 Å². The lowest BCUT2D eigenvalue weighted by Crippen LogP contribution is -2.14. The zero-order valence-corrected chi connectivity index (χ0v) is 13.9. The zero-order valence-electron chi connectivity index (χ0n) is 13.9. The fourth-order valence-corrected chi connectivity index (χ4v) is 2.71. The number of benzene rings is 2. The smallest absolute Gasteiger partial charge is 0.274 e. The first-order valence-corrected chi connectivity index (χ1v) is 8.23. The third-order valence-corrected chi connectivity index (χ3v) is 3.94. The maximum absolute atomic E-state index is 12.6. The SMILES string of the molecule is O=C(Nc1cccc2cccnc12)c1cc(Nc2ccccc2)ccn1. The number of nitrogens with one attached hydrogen (secondary N) is 2. The van der Waals surface area contributed by atoms with Crippen LogP contribution in [0.4, 0.5) is 17.1 Å². The molecule has 0 saturated carbocycles. The molecule has 0 bridgehead atoms. The highest BCUT2D eigenvalue weighted by atomic mass is 16.1. The van der Waals surface area contributed by atoms with E-state index in [4.69, 9.17) is 0 Å². The Kier molecular flexibility index (Phi) is 4.26. The van der Waals surface area contributed by atoms with E-state index in [1.54, 1.807) is 18.5 Å². The first kappa shape index (κ1) is 15.8. The zero-order chi connectivity index (χ0) is 17.8. The predicted octanol–water partition coefficient (Wildman–Crippen LogP) is 4.63. The van der Waals surface area contributed by atoms with Crippen LogP contribution in [0.15, 0.2) is 85.2 Å². The summed E-state index contributed by atoms with van der Waals surface area (Å²) in [6.45, 7) is 0. The molecule has 2 heterocycles. The average molecular weight is 340 g/mol. The molecule has 26 heavy (non-hydrogen) atoms. The molecule has 0 aliphatic carbocycles. The fourth-order valence-electron chi connectivity index (χ4n) is 2.71. The number of hydrogen-bond donors (Lipinski definition) is 2. The van der Waals surface area contributed by atoms with Crippen LogP contribution in [0.2, 0.25) is 0 Å². The van der Waals surface area contributed by atoms with E-state index < -0.39 is 0 Å². The molecule has 2 aromatic heterocycles. The largest absolute Gasteiger partial charge is 0.355 e. The van der Waals surface area contributed by atoms with E-state index in [2.05, 4.69) is 20.6 Å². The van der Waals surface area contributed by atoms with Gasteiger partial charge in [-0.15, -0.1) is 0 Å². The van der Waals surface area contributed by atoms with Crippen LogP contribution in [0.1, 0.15) is 10.5 Å². The molecule has 4 aromatic rings. The Hall–Kier alpha value is -3.73. The molecular weight excluding hydrogens is 324 g/mol. The van der Waals surface area contributed by atoms with Crippen molar-refractivity contribution in [1.82, 2.24) is 9.97 Å². The van der Waals surface area contributed by atoms with Crippen molar-refractivity contribution in [3.63, 3.8) is 0 Å². The van der Waals surface area contributed by atoms with Gasteiger partial charge >= 0.3 is 0 Å². The van der Waals surface area contributed by atoms with Gasteiger partial charge in [0.1, 0.15) is 5.69 Å². The molecular formula is C21H16N4O. The molecule has 0 spiro atoms. The number of para-hydroxylation sites is 2. The van der Waals surface area contributed by atoms with Gasteiger partial charge in [-0.05, 0) is 36.4 Å².